The number of H-pyrrole nitrogens is 1. The Bertz CT molecular complexity index is 938. The molecule has 5 heteroatoms. The molecule has 3 rings (SSSR count). The van der Waals surface area contributed by atoms with Gasteiger partial charge in [-0.05, 0) is 60.9 Å². The summed E-state index contributed by atoms with van der Waals surface area (Å²) in [5.74, 6) is 1.41. The normalized spacial score (nSPS) is 12.3. The van der Waals surface area contributed by atoms with Crippen LogP contribution in [-0.4, -0.2) is 29.5 Å². The van der Waals surface area contributed by atoms with E-state index in [1.165, 1.54) is 5.56 Å². The average Bonchev–Trinajstić information content (AvgIpc) is 3.16. The summed E-state index contributed by atoms with van der Waals surface area (Å²) >= 11 is 0. The molecule has 2 aromatic carbocycles. The minimum atomic E-state index is -0.673. The lowest BCUT2D eigenvalue weighted by Crippen LogP contribution is -1.94. The molecule has 0 aliphatic heterocycles. The summed E-state index contributed by atoms with van der Waals surface area (Å²) in [4.78, 5) is 0. The minimum absolute atomic E-state index is 0.673. The number of aryl methyl sites for hydroxylation is 2. The molecule has 2 N–H and O–H groups in total. The van der Waals surface area contributed by atoms with Crippen LogP contribution >= 0.6 is 0 Å². The van der Waals surface area contributed by atoms with Gasteiger partial charge in [0.2, 0.25) is 0 Å². The van der Waals surface area contributed by atoms with E-state index in [4.69, 9.17) is 9.47 Å². The van der Waals surface area contributed by atoms with Crippen molar-refractivity contribution in [2.75, 3.05) is 14.2 Å². The third kappa shape index (κ3) is 4.38. The molecule has 1 atom stereocenters. The van der Waals surface area contributed by atoms with Gasteiger partial charge in [-0.3, -0.25) is 5.10 Å². The van der Waals surface area contributed by atoms with Crippen LogP contribution < -0.4 is 9.47 Å². The summed E-state index contributed by atoms with van der Waals surface area (Å²) in [5, 5.41) is 17.7. The number of aromatic amines is 1. The van der Waals surface area contributed by atoms with Crippen LogP contribution in [0.15, 0.2) is 48.5 Å². The van der Waals surface area contributed by atoms with Crippen molar-refractivity contribution in [3.8, 4) is 22.8 Å². The van der Waals surface area contributed by atoms with Crippen LogP contribution in [0.1, 0.15) is 28.5 Å². The Balaban J connectivity index is 1.79. The lowest BCUT2D eigenvalue weighted by molar-refractivity contribution is 0.229. The van der Waals surface area contributed by atoms with E-state index >= 15 is 0 Å². The summed E-state index contributed by atoms with van der Waals surface area (Å²) in [6, 6.07) is 13.5. The number of nitrogens with zero attached hydrogens (tertiary/aromatic N) is 1. The fourth-order valence-electron chi connectivity index (χ4n) is 2.78. The number of hydrogen-bond donors (Lipinski definition) is 2. The van der Waals surface area contributed by atoms with Crippen LogP contribution in [0.2, 0.25) is 0 Å². The summed E-state index contributed by atoms with van der Waals surface area (Å²) in [5.41, 5.74) is 5.70. The third-order valence-corrected chi connectivity index (χ3v) is 4.58. The lowest BCUT2D eigenvalue weighted by Gasteiger charge is -2.08. The first-order valence-corrected chi connectivity index (χ1v) is 8.72. The molecule has 0 radical (unpaired) electrons. The Labute approximate surface area is 159 Å². The van der Waals surface area contributed by atoms with Crippen molar-refractivity contribution < 1.29 is 14.6 Å². The molecular weight excluding hydrogens is 340 g/mol. The molecule has 1 heterocycles. The number of ether oxygens (including phenoxy) is 2. The number of benzene rings is 2. The quantitative estimate of drug-likeness (QED) is 0.678. The molecule has 3 aromatic rings. The van der Waals surface area contributed by atoms with Gasteiger partial charge < -0.3 is 14.6 Å². The second-order valence-electron chi connectivity index (χ2n) is 6.46. The maximum atomic E-state index is 10.4. The second-order valence-corrected chi connectivity index (χ2v) is 6.46. The number of nitrogens with one attached hydrogen (secondary N) is 1. The van der Waals surface area contributed by atoms with Crippen LogP contribution in [0, 0.1) is 13.8 Å². The van der Waals surface area contributed by atoms with Gasteiger partial charge in [0.25, 0.3) is 0 Å². The first kappa shape index (κ1) is 18.7. The summed E-state index contributed by atoms with van der Waals surface area (Å²) < 4.78 is 10.6. The van der Waals surface area contributed by atoms with Gasteiger partial charge in [0.15, 0.2) is 0 Å². The van der Waals surface area contributed by atoms with Gasteiger partial charge in [-0.15, -0.1) is 0 Å². The van der Waals surface area contributed by atoms with Crippen LogP contribution in [0.3, 0.4) is 0 Å². The van der Waals surface area contributed by atoms with Crippen molar-refractivity contribution in [3.63, 3.8) is 0 Å². The molecule has 0 spiro atoms. The molecule has 1 unspecified atom stereocenters. The van der Waals surface area contributed by atoms with Crippen LogP contribution in [-0.2, 0) is 0 Å². The van der Waals surface area contributed by atoms with E-state index in [1.54, 1.807) is 20.3 Å². The summed E-state index contributed by atoms with van der Waals surface area (Å²) in [7, 11) is 3.23. The molecule has 0 saturated heterocycles. The molecule has 140 valence electrons. The molecule has 27 heavy (non-hydrogen) atoms. The maximum absolute atomic E-state index is 10.4. The van der Waals surface area contributed by atoms with Gasteiger partial charge in [0.05, 0.1) is 31.7 Å². The van der Waals surface area contributed by atoms with Gasteiger partial charge in [-0.1, -0.05) is 18.2 Å². The smallest absolute Gasteiger partial charge is 0.123 e. The highest BCUT2D eigenvalue weighted by Crippen LogP contribution is 2.29. The van der Waals surface area contributed by atoms with Crippen molar-refractivity contribution in [1.29, 1.82) is 0 Å². The fraction of sp³-hybridized carbons (Fsp3) is 0.227. The highest BCUT2D eigenvalue weighted by Gasteiger charge is 2.08. The number of aromatic nitrogens is 2. The molecular formula is C22H24N2O3. The van der Waals surface area contributed by atoms with Gasteiger partial charge in [-0.25, -0.2) is 0 Å². The lowest BCUT2D eigenvalue weighted by atomic mass is 10.0. The molecule has 0 amide bonds. The zero-order valence-electron chi connectivity index (χ0n) is 16.0. The van der Waals surface area contributed by atoms with Crippen LogP contribution in [0.4, 0.5) is 0 Å². The Morgan fingerprint density at radius 1 is 0.963 bits per heavy atom. The van der Waals surface area contributed by atoms with Gasteiger partial charge in [0.1, 0.15) is 11.5 Å². The zero-order chi connectivity index (χ0) is 19.4. The van der Waals surface area contributed by atoms with Crippen molar-refractivity contribution in [1.82, 2.24) is 10.2 Å². The molecule has 0 fully saturated rings. The van der Waals surface area contributed by atoms with Crippen LogP contribution in [0.25, 0.3) is 17.3 Å². The van der Waals surface area contributed by atoms with Crippen LogP contribution in [0.5, 0.6) is 11.5 Å². The molecule has 0 aliphatic carbocycles. The Morgan fingerprint density at radius 2 is 1.67 bits per heavy atom. The number of rotatable bonds is 6. The largest absolute Gasteiger partial charge is 0.497 e. The Kier molecular flexibility index (Phi) is 5.62. The van der Waals surface area contributed by atoms with Crippen molar-refractivity contribution in [2.24, 2.45) is 0 Å². The molecule has 0 aliphatic rings. The second kappa shape index (κ2) is 8.10. The maximum Gasteiger partial charge on any atom is 0.123 e. The number of aliphatic hydroxyl groups excluding tert-OH is 1. The van der Waals surface area contributed by atoms with E-state index in [1.807, 2.05) is 55.5 Å². The Morgan fingerprint density at radius 3 is 2.30 bits per heavy atom. The van der Waals surface area contributed by atoms with E-state index in [0.717, 1.165) is 28.1 Å². The standard InChI is InChI=1S/C22H24N2O3/c1-14-5-6-16(9-15(14)2)22(25)8-7-18-12-21(24-23-18)17-10-19(26-3)13-20(11-17)27-4/h5-13,22,25H,1-4H3,(H,23,24)/b8-7+. The van der Waals surface area contributed by atoms with E-state index < -0.39 is 6.10 Å². The predicted octanol–water partition coefficient (Wildman–Crippen LogP) is 4.46. The molecule has 1 aromatic heterocycles. The average molecular weight is 364 g/mol. The highest BCUT2D eigenvalue weighted by atomic mass is 16.5. The van der Waals surface area contributed by atoms with E-state index in [0.29, 0.717) is 11.5 Å². The van der Waals surface area contributed by atoms with Gasteiger partial charge >= 0.3 is 0 Å². The van der Waals surface area contributed by atoms with E-state index in [-0.39, 0.29) is 0 Å². The Hall–Kier alpha value is -3.05. The van der Waals surface area contributed by atoms with E-state index in [9.17, 15) is 5.11 Å². The SMILES string of the molecule is COc1cc(OC)cc(-c2cc(/C=C/C(O)c3ccc(C)c(C)c3)[nH]n2)c1. The summed E-state index contributed by atoms with van der Waals surface area (Å²) in [6.07, 6.45) is 2.90. The van der Waals surface area contributed by atoms with Gasteiger partial charge in [-0.2, -0.15) is 5.10 Å². The first-order chi connectivity index (χ1) is 13.0. The zero-order valence-corrected chi connectivity index (χ0v) is 16.0. The molecule has 0 bridgehead atoms. The molecule has 0 saturated carbocycles. The first-order valence-electron chi connectivity index (χ1n) is 8.72. The minimum Gasteiger partial charge on any atom is -0.497 e. The predicted molar refractivity (Wildman–Crippen MR) is 107 cm³/mol. The van der Waals surface area contributed by atoms with Crippen molar-refractivity contribution in [2.45, 2.75) is 20.0 Å². The van der Waals surface area contributed by atoms with Crippen molar-refractivity contribution in [3.05, 3.63) is 70.9 Å². The topological polar surface area (TPSA) is 67.4 Å². The number of hydrogen-bond acceptors (Lipinski definition) is 4. The highest BCUT2D eigenvalue weighted by molar-refractivity contribution is 5.66. The monoisotopic (exact) mass is 364 g/mol. The third-order valence-electron chi connectivity index (χ3n) is 4.58. The van der Waals surface area contributed by atoms with Crippen molar-refractivity contribution >= 4 is 6.08 Å². The number of aliphatic hydroxyl groups is 1. The van der Waals surface area contributed by atoms with E-state index in [2.05, 4.69) is 17.1 Å². The fourth-order valence-corrected chi connectivity index (χ4v) is 2.78. The molecule has 5 nitrogen and oxygen atoms in total. The summed E-state index contributed by atoms with van der Waals surface area (Å²) in [6.45, 7) is 4.10. The number of methoxy groups -OCH3 is 2. The van der Waals surface area contributed by atoms with Gasteiger partial charge in [0, 0.05) is 11.6 Å².